The van der Waals surface area contributed by atoms with Gasteiger partial charge in [-0.2, -0.15) is 0 Å². The van der Waals surface area contributed by atoms with Crippen molar-refractivity contribution in [2.75, 3.05) is 45.4 Å². The SMILES string of the molecule is CNc1cccc(OCCOCCCOCC(C)=O)c1. The fourth-order valence-corrected chi connectivity index (χ4v) is 1.54. The van der Waals surface area contributed by atoms with Crippen molar-refractivity contribution in [3.63, 3.8) is 0 Å². The summed E-state index contributed by atoms with van der Waals surface area (Å²) in [7, 11) is 1.87. The van der Waals surface area contributed by atoms with Crippen molar-refractivity contribution in [2.24, 2.45) is 0 Å². The lowest BCUT2D eigenvalue weighted by atomic mass is 10.3. The number of anilines is 1. The highest BCUT2D eigenvalue weighted by molar-refractivity contribution is 5.76. The van der Waals surface area contributed by atoms with E-state index in [-0.39, 0.29) is 12.4 Å². The van der Waals surface area contributed by atoms with Crippen LogP contribution >= 0.6 is 0 Å². The fraction of sp³-hybridized carbons (Fsp3) is 0.533. The molecule has 0 saturated carbocycles. The number of ether oxygens (including phenoxy) is 3. The molecule has 0 aliphatic rings. The van der Waals surface area contributed by atoms with Crippen LogP contribution in [0.5, 0.6) is 5.75 Å². The first-order valence-electron chi connectivity index (χ1n) is 6.78. The van der Waals surface area contributed by atoms with Gasteiger partial charge in [0.25, 0.3) is 0 Å². The Morgan fingerprint density at radius 3 is 2.70 bits per heavy atom. The zero-order valence-electron chi connectivity index (χ0n) is 12.2. The van der Waals surface area contributed by atoms with Crippen LogP contribution in [0.4, 0.5) is 5.69 Å². The Hall–Kier alpha value is -1.59. The number of nitrogens with one attached hydrogen (secondary N) is 1. The molecule has 0 saturated heterocycles. The maximum absolute atomic E-state index is 10.6. The van der Waals surface area contributed by atoms with E-state index in [0.717, 1.165) is 17.9 Å². The Labute approximate surface area is 120 Å². The molecule has 0 heterocycles. The van der Waals surface area contributed by atoms with E-state index < -0.39 is 0 Å². The third kappa shape index (κ3) is 7.76. The van der Waals surface area contributed by atoms with E-state index in [4.69, 9.17) is 14.2 Å². The topological polar surface area (TPSA) is 56.8 Å². The minimum atomic E-state index is 0.0446. The summed E-state index contributed by atoms with van der Waals surface area (Å²) >= 11 is 0. The van der Waals surface area contributed by atoms with Gasteiger partial charge in [0.2, 0.25) is 0 Å². The number of Topliss-reactive ketones (excluding diaryl/α,β-unsaturated/α-hetero) is 1. The largest absolute Gasteiger partial charge is 0.491 e. The van der Waals surface area contributed by atoms with Crippen LogP contribution in [0.2, 0.25) is 0 Å². The van der Waals surface area contributed by atoms with E-state index in [1.54, 1.807) is 0 Å². The van der Waals surface area contributed by atoms with E-state index in [9.17, 15) is 4.79 Å². The summed E-state index contributed by atoms with van der Waals surface area (Å²) in [6.07, 6.45) is 0.780. The number of carbonyl (C=O) groups is 1. The summed E-state index contributed by atoms with van der Waals surface area (Å²) in [5.41, 5.74) is 1.02. The van der Waals surface area contributed by atoms with Gasteiger partial charge in [-0.25, -0.2) is 0 Å². The van der Waals surface area contributed by atoms with Crippen molar-refractivity contribution in [3.8, 4) is 5.75 Å². The summed E-state index contributed by atoms with van der Waals surface area (Å²) in [6, 6.07) is 7.77. The molecule has 0 amide bonds. The number of hydrogen-bond donors (Lipinski definition) is 1. The van der Waals surface area contributed by atoms with Crippen molar-refractivity contribution in [3.05, 3.63) is 24.3 Å². The Morgan fingerprint density at radius 2 is 1.95 bits per heavy atom. The van der Waals surface area contributed by atoms with Gasteiger partial charge in [0.15, 0.2) is 5.78 Å². The molecule has 0 unspecified atom stereocenters. The van der Waals surface area contributed by atoms with Crippen molar-refractivity contribution in [1.29, 1.82) is 0 Å². The quantitative estimate of drug-likeness (QED) is 0.630. The summed E-state index contributed by atoms with van der Waals surface area (Å²) in [5, 5.41) is 3.06. The number of ketones is 1. The molecule has 20 heavy (non-hydrogen) atoms. The lowest BCUT2D eigenvalue weighted by Gasteiger charge is -2.08. The van der Waals surface area contributed by atoms with Gasteiger partial charge in [0, 0.05) is 32.0 Å². The molecule has 0 atom stereocenters. The Kier molecular flexibility index (Phi) is 8.42. The first-order chi connectivity index (χ1) is 9.72. The van der Waals surface area contributed by atoms with E-state index in [1.807, 2.05) is 31.3 Å². The average molecular weight is 281 g/mol. The van der Waals surface area contributed by atoms with E-state index in [2.05, 4.69) is 5.32 Å². The summed E-state index contributed by atoms with van der Waals surface area (Å²) in [4.78, 5) is 10.6. The average Bonchev–Trinajstić information content (AvgIpc) is 2.45. The molecule has 1 aromatic carbocycles. The minimum absolute atomic E-state index is 0.0446. The molecular weight excluding hydrogens is 258 g/mol. The third-order valence-electron chi connectivity index (χ3n) is 2.50. The van der Waals surface area contributed by atoms with Crippen molar-refractivity contribution >= 4 is 11.5 Å². The number of carbonyl (C=O) groups excluding carboxylic acids is 1. The first kappa shape index (κ1) is 16.5. The van der Waals surface area contributed by atoms with Gasteiger partial charge < -0.3 is 19.5 Å². The zero-order valence-corrected chi connectivity index (χ0v) is 12.2. The molecule has 0 spiro atoms. The lowest BCUT2D eigenvalue weighted by molar-refractivity contribution is -0.121. The second kappa shape index (κ2) is 10.2. The molecule has 1 N–H and O–H groups in total. The first-order valence-corrected chi connectivity index (χ1v) is 6.78. The molecule has 5 heteroatoms. The predicted octanol–water partition coefficient (Wildman–Crippen LogP) is 2.12. The molecule has 0 aliphatic heterocycles. The van der Waals surface area contributed by atoms with Gasteiger partial charge >= 0.3 is 0 Å². The van der Waals surface area contributed by atoms with Gasteiger partial charge in [-0.05, 0) is 25.5 Å². The third-order valence-corrected chi connectivity index (χ3v) is 2.50. The van der Waals surface area contributed by atoms with Crippen LogP contribution < -0.4 is 10.1 Å². The van der Waals surface area contributed by atoms with Crippen LogP contribution in [0.1, 0.15) is 13.3 Å². The zero-order chi connectivity index (χ0) is 14.6. The van der Waals surface area contributed by atoms with Crippen LogP contribution in [0.15, 0.2) is 24.3 Å². The number of rotatable bonds is 11. The van der Waals surface area contributed by atoms with Gasteiger partial charge in [0.1, 0.15) is 19.0 Å². The molecule has 112 valence electrons. The molecule has 0 aromatic heterocycles. The minimum Gasteiger partial charge on any atom is -0.491 e. The number of hydrogen-bond acceptors (Lipinski definition) is 5. The molecule has 0 bridgehead atoms. The normalized spacial score (nSPS) is 10.3. The highest BCUT2D eigenvalue weighted by atomic mass is 16.5. The van der Waals surface area contributed by atoms with Gasteiger partial charge in [-0.1, -0.05) is 6.07 Å². The van der Waals surface area contributed by atoms with E-state index in [0.29, 0.717) is 26.4 Å². The second-order valence-corrected chi connectivity index (χ2v) is 4.35. The van der Waals surface area contributed by atoms with Crippen LogP contribution in [0.25, 0.3) is 0 Å². The molecule has 0 fully saturated rings. The maximum atomic E-state index is 10.6. The summed E-state index contributed by atoms with van der Waals surface area (Å²) in [5.74, 6) is 0.869. The maximum Gasteiger partial charge on any atom is 0.155 e. The molecule has 0 radical (unpaired) electrons. The summed E-state index contributed by atoms with van der Waals surface area (Å²) < 4.78 is 16.1. The molecular formula is C15H23NO4. The van der Waals surface area contributed by atoms with Gasteiger partial charge in [-0.3, -0.25) is 4.79 Å². The number of benzene rings is 1. The van der Waals surface area contributed by atoms with Crippen LogP contribution in [-0.4, -0.2) is 45.9 Å². The molecule has 5 nitrogen and oxygen atoms in total. The van der Waals surface area contributed by atoms with Gasteiger partial charge in [0.05, 0.1) is 6.61 Å². The van der Waals surface area contributed by atoms with Crippen LogP contribution in [0.3, 0.4) is 0 Å². The van der Waals surface area contributed by atoms with Gasteiger partial charge in [-0.15, -0.1) is 0 Å². The van der Waals surface area contributed by atoms with E-state index >= 15 is 0 Å². The summed E-state index contributed by atoms with van der Waals surface area (Å²) in [6.45, 7) is 3.91. The lowest BCUT2D eigenvalue weighted by Crippen LogP contribution is -2.10. The van der Waals surface area contributed by atoms with Crippen molar-refractivity contribution in [1.82, 2.24) is 0 Å². The smallest absolute Gasteiger partial charge is 0.155 e. The second-order valence-electron chi connectivity index (χ2n) is 4.35. The Bertz CT molecular complexity index is 395. The molecule has 1 rings (SSSR count). The Morgan fingerprint density at radius 1 is 1.15 bits per heavy atom. The monoisotopic (exact) mass is 281 g/mol. The Balaban J connectivity index is 1.98. The van der Waals surface area contributed by atoms with Crippen molar-refractivity contribution < 1.29 is 19.0 Å². The van der Waals surface area contributed by atoms with Crippen LogP contribution in [0, 0.1) is 0 Å². The van der Waals surface area contributed by atoms with Crippen molar-refractivity contribution in [2.45, 2.75) is 13.3 Å². The van der Waals surface area contributed by atoms with E-state index in [1.165, 1.54) is 6.92 Å². The fourth-order valence-electron chi connectivity index (χ4n) is 1.54. The highest BCUT2D eigenvalue weighted by Gasteiger charge is 1.96. The highest BCUT2D eigenvalue weighted by Crippen LogP contribution is 2.16. The predicted molar refractivity (Wildman–Crippen MR) is 78.4 cm³/mol. The standard InChI is InChI=1S/C15H23NO4/c1-13(17)12-19-8-4-7-18-9-10-20-15-6-3-5-14(11-15)16-2/h3,5-6,11,16H,4,7-10,12H2,1-2H3. The molecule has 0 aliphatic carbocycles. The molecule has 1 aromatic rings. The van der Waals surface area contributed by atoms with Crippen LogP contribution in [-0.2, 0) is 14.3 Å².